The van der Waals surface area contributed by atoms with Crippen LogP contribution in [0.1, 0.15) is 42.5 Å². The second-order valence-electron chi connectivity index (χ2n) is 5.16. The fraction of sp³-hybridized carbons (Fsp3) is 0.500. The molecule has 0 N–H and O–H groups in total. The number of benzene rings is 1. The molecule has 1 unspecified atom stereocenters. The first-order valence-corrected chi connectivity index (χ1v) is 7.05. The Labute approximate surface area is 117 Å². The maximum Gasteiger partial charge on any atom is 0.101 e. The van der Waals surface area contributed by atoms with Crippen LogP contribution in [0.2, 0.25) is 10.0 Å². The van der Waals surface area contributed by atoms with Crippen molar-refractivity contribution in [1.82, 2.24) is 4.90 Å². The molecule has 0 radical (unpaired) electrons. The Hall–Kier alpha value is -0.750. The van der Waals surface area contributed by atoms with Crippen molar-refractivity contribution in [3.8, 4) is 6.07 Å². The molecule has 1 fully saturated rings. The largest absolute Gasteiger partial charge is 0.293 e. The van der Waals surface area contributed by atoms with E-state index < -0.39 is 0 Å². The van der Waals surface area contributed by atoms with Crippen molar-refractivity contribution in [1.29, 1.82) is 5.26 Å². The third-order valence-corrected chi connectivity index (χ3v) is 4.98. The van der Waals surface area contributed by atoms with Gasteiger partial charge in [-0.3, -0.25) is 4.90 Å². The van der Waals surface area contributed by atoms with Gasteiger partial charge in [-0.25, -0.2) is 0 Å². The monoisotopic (exact) mass is 280 g/mol. The molecule has 2 nitrogen and oxygen atoms in total. The first-order valence-electron chi connectivity index (χ1n) is 6.30. The van der Waals surface area contributed by atoms with Crippen LogP contribution < -0.4 is 0 Å². The average molecular weight is 281 g/mol. The first kappa shape index (κ1) is 12.3. The molecule has 2 aliphatic rings. The van der Waals surface area contributed by atoms with E-state index in [9.17, 15) is 5.26 Å². The Morgan fingerprint density at radius 3 is 2.89 bits per heavy atom. The average Bonchev–Trinajstić information content (AvgIpc) is 2.66. The van der Waals surface area contributed by atoms with Gasteiger partial charge in [0.15, 0.2) is 0 Å². The van der Waals surface area contributed by atoms with Crippen LogP contribution in [-0.4, -0.2) is 17.5 Å². The molecule has 0 saturated carbocycles. The fourth-order valence-electron chi connectivity index (χ4n) is 3.28. The SMILES string of the molecule is C[C@@H]1CCC2c3c(Cl)c(cc(Cl)c3C#N)CCN21. The van der Waals surface area contributed by atoms with Gasteiger partial charge >= 0.3 is 0 Å². The van der Waals surface area contributed by atoms with Crippen LogP contribution in [0.15, 0.2) is 6.07 Å². The van der Waals surface area contributed by atoms with E-state index >= 15 is 0 Å². The molecule has 0 spiro atoms. The summed E-state index contributed by atoms with van der Waals surface area (Å²) in [5.41, 5.74) is 2.61. The predicted molar refractivity (Wildman–Crippen MR) is 73.0 cm³/mol. The molecule has 2 aliphatic heterocycles. The lowest BCUT2D eigenvalue weighted by Gasteiger charge is -2.27. The van der Waals surface area contributed by atoms with E-state index in [0.29, 0.717) is 16.6 Å². The van der Waals surface area contributed by atoms with Gasteiger partial charge in [0.05, 0.1) is 15.6 Å². The molecule has 1 aromatic carbocycles. The van der Waals surface area contributed by atoms with Crippen molar-refractivity contribution < 1.29 is 0 Å². The minimum absolute atomic E-state index is 0.266. The summed E-state index contributed by atoms with van der Waals surface area (Å²) in [6, 6.07) is 4.92. The predicted octanol–water partition coefficient (Wildman–Crippen LogP) is 3.95. The lowest BCUT2D eigenvalue weighted by molar-refractivity contribution is 0.210. The lowest BCUT2D eigenvalue weighted by atomic mass is 9.97. The normalized spacial score (nSPS) is 26.6. The summed E-state index contributed by atoms with van der Waals surface area (Å²) in [6.07, 6.45) is 3.14. The van der Waals surface area contributed by atoms with Crippen LogP contribution in [0.4, 0.5) is 0 Å². The molecule has 94 valence electrons. The zero-order valence-electron chi connectivity index (χ0n) is 10.2. The van der Waals surface area contributed by atoms with E-state index in [4.69, 9.17) is 23.2 Å². The summed E-state index contributed by atoms with van der Waals surface area (Å²) < 4.78 is 0. The Kier molecular flexibility index (Phi) is 3.02. The highest BCUT2D eigenvalue weighted by Crippen LogP contribution is 2.45. The number of nitriles is 1. The molecule has 2 bridgehead atoms. The van der Waals surface area contributed by atoms with Gasteiger partial charge in [-0.05, 0) is 37.8 Å². The minimum Gasteiger partial charge on any atom is -0.293 e. The lowest BCUT2D eigenvalue weighted by Crippen LogP contribution is -2.30. The molecule has 18 heavy (non-hydrogen) atoms. The number of rotatable bonds is 0. The molecule has 2 atom stereocenters. The molecule has 0 aliphatic carbocycles. The topological polar surface area (TPSA) is 27.0 Å². The van der Waals surface area contributed by atoms with E-state index in [1.807, 2.05) is 6.07 Å². The standard InChI is InChI=1S/C14H14Cl2N2/c1-8-2-3-12-13-10(7-17)11(15)6-9(14(13)16)4-5-18(8)12/h6,8,12H,2-5H2,1H3/t8-,12?/m1/s1. The van der Waals surface area contributed by atoms with Crippen LogP contribution in [0, 0.1) is 11.3 Å². The van der Waals surface area contributed by atoms with Crippen LogP contribution in [0.25, 0.3) is 0 Å². The van der Waals surface area contributed by atoms with Crippen LogP contribution >= 0.6 is 23.2 Å². The molecule has 2 heterocycles. The fourth-order valence-corrected chi connectivity index (χ4v) is 3.93. The third-order valence-electron chi connectivity index (χ3n) is 4.24. The molecule has 3 rings (SSSR count). The first-order chi connectivity index (χ1) is 8.63. The summed E-state index contributed by atoms with van der Waals surface area (Å²) in [6.45, 7) is 3.25. The van der Waals surface area contributed by atoms with Gasteiger partial charge in [-0.2, -0.15) is 5.26 Å². The van der Waals surface area contributed by atoms with Gasteiger partial charge in [0.1, 0.15) is 6.07 Å². The Balaban J connectivity index is 2.23. The Morgan fingerprint density at radius 1 is 1.39 bits per heavy atom. The van der Waals surface area contributed by atoms with Crippen molar-refractivity contribution in [2.45, 2.75) is 38.3 Å². The van der Waals surface area contributed by atoms with E-state index in [1.165, 1.54) is 0 Å². The summed E-state index contributed by atoms with van der Waals surface area (Å²) >= 11 is 12.7. The van der Waals surface area contributed by atoms with Gasteiger partial charge < -0.3 is 0 Å². The zero-order valence-corrected chi connectivity index (χ0v) is 11.7. The molecular formula is C14H14Cl2N2. The highest BCUT2D eigenvalue weighted by molar-refractivity contribution is 6.35. The van der Waals surface area contributed by atoms with E-state index in [-0.39, 0.29) is 6.04 Å². The van der Waals surface area contributed by atoms with Crippen molar-refractivity contribution in [2.24, 2.45) is 0 Å². The molecule has 1 aromatic rings. The van der Waals surface area contributed by atoms with Gasteiger partial charge in [-0.1, -0.05) is 23.2 Å². The molecular weight excluding hydrogens is 267 g/mol. The van der Waals surface area contributed by atoms with Gasteiger partial charge in [0, 0.05) is 24.2 Å². The molecule has 4 heteroatoms. The second kappa shape index (κ2) is 4.42. The molecule has 0 aromatic heterocycles. The zero-order chi connectivity index (χ0) is 12.9. The number of hydrogen-bond acceptors (Lipinski definition) is 2. The van der Waals surface area contributed by atoms with Crippen LogP contribution in [0.3, 0.4) is 0 Å². The Morgan fingerprint density at radius 2 is 2.17 bits per heavy atom. The number of hydrogen-bond donors (Lipinski definition) is 0. The number of halogens is 2. The Bertz CT molecular complexity index is 548. The molecule has 1 saturated heterocycles. The van der Waals surface area contributed by atoms with Gasteiger partial charge in [-0.15, -0.1) is 0 Å². The second-order valence-corrected chi connectivity index (χ2v) is 5.95. The van der Waals surface area contributed by atoms with Crippen LogP contribution in [-0.2, 0) is 6.42 Å². The summed E-state index contributed by atoms with van der Waals surface area (Å²) in [5, 5.41) is 10.6. The maximum absolute atomic E-state index is 9.34. The van der Waals surface area contributed by atoms with E-state index in [1.54, 1.807) is 0 Å². The van der Waals surface area contributed by atoms with E-state index in [2.05, 4.69) is 17.9 Å². The van der Waals surface area contributed by atoms with E-state index in [0.717, 1.165) is 42.0 Å². The van der Waals surface area contributed by atoms with Crippen LogP contribution in [0.5, 0.6) is 0 Å². The summed E-state index contributed by atoms with van der Waals surface area (Å²) in [5.74, 6) is 0. The summed E-state index contributed by atoms with van der Waals surface area (Å²) in [4.78, 5) is 2.46. The third kappa shape index (κ3) is 1.66. The van der Waals surface area contributed by atoms with Crippen molar-refractivity contribution in [3.05, 3.63) is 32.8 Å². The minimum atomic E-state index is 0.266. The van der Waals surface area contributed by atoms with Crippen molar-refractivity contribution in [2.75, 3.05) is 6.54 Å². The smallest absolute Gasteiger partial charge is 0.101 e. The summed E-state index contributed by atoms with van der Waals surface area (Å²) in [7, 11) is 0. The number of fused-ring (bicyclic) bond motifs is 4. The van der Waals surface area contributed by atoms with Crippen molar-refractivity contribution >= 4 is 23.2 Å². The maximum atomic E-state index is 9.34. The van der Waals surface area contributed by atoms with Gasteiger partial charge in [0.25, 0.3) is 0 Å². The molecule has 0 amide bonds. The highest BCUT2D eigenvalue weighted by Gasteiger charge is 2.37. The quantitative estimate of drug-likeness (QED) is 0.720. The van der Waals surface area contributed by atoms with Gasteiger partial charge in [0.2, 0.25) is 0 Å². The van der Waals surface area contributed by atoms with Crippen molar-refractivity contribution in [3.63, 3.8) is 0 Å². The number of nitrogens with zero attached hydrogens (tertiary/aromatic N) is 2. The highest BCUT2D eigenvalue weighted by atomic mass is 35.5.